The first kappa shape index (κ1) is 8.51. The highest BCUT2D eigenvalue weighted by atomic mass is 14.8. The van der Waals surface area contributed by atoms with Crippen molar-refractivity contribution in [1.29, 1.82) is 0 Å². The Kier molecular flexibility index (Phi) is 1.91. The first-order valence-corrected chi connectivity index (χ1v) is 4.15. The molecule has 1 heteroatoms. The zero-order valence-electron chi connectivity index (χ0n) is 8.15. The van der Waals surface area contributed by atoms with Gasteiger partial charge in [0.1, 0.15) is 0 Å². The van der Waals surface area contributed by atoms with E-state index in [-0.39, 0.29) is 0 Å². The zero-order chi connectivity index (χ0) is 8.65. The Labute approximate surface area is 69.2 Å². The van der Waals surface area contributed by atoms with E-state index in [4.69, 9.17) is 0 Å². The fraction of sp³-hybridized carbons (Fsp3) is 0.700. The molecule has 1 aliphatic heterocycles. The van der Waals surface area contributed by atoms with Crippen LogP contribution < -0.4 is 0 Å². The molecule has 0 radical (unpaired) electrons. The smallest absolute Gasteiger partial charge is 0.0398 e. The summed E-state index contributed by atoms with van der Waals surface area (Å²) in [7, 11) is 0. The second-order valence-corrected chi connectivity index (χ2v) is 4.20. The van der Waals surface area contributed by atoms with Gasteiger partial charge in [-0.2, -0.15) is 0 Å². The highest BCUT2D eigenvalue weighted by molar-refractivity contribution is 5.90. The fourth-order valence-corrected chi connectivity index (χ4v) is 1.23. The molecule has 1 heterocycles. The number of hydrogen-bond donors (Lipinski definition) is 0. The Balaban J connectivity index is 2.97. The molecule has 1 rings (SSSR count). The van der Waals surface area contributed by atoms with E-state index in [9.17, 15) is 0 Å². The molecular formula is C10H17N. The number of rotatable bonds is 0. The summed E-state index contributed by atoms with van der Waals surface area (Å²) < 4.78 is 0. The lowest BCUT2D eigenvalue weighted by atomic mass is 9.86. The van der Waals surface area contributed by atoms with Crippen LogP contribution in [0, 0.1) is 5.41 Å². The molecular weight excluding hydrogens is 134 g/mol. The van der Waals surface area contributed by atoms with Crippen LogP contribution in [0.1, 0.15) is 41.0 Å². The summed E-state index contributed by atoms with van der Waals surface area (Å²) in [4.78, 5) is 4.54. The Morgan fingerprint density at radius 3 is 2.09 bits per heavy atom. The van der Waals surface area contributed by atoms with Crippen molar-refractivity contribution in [2.24, 2.45) is 10.4 Å². The van der Waals surface area contributed by atoms with Crippen LogP contribution in [0.2, 0.25) is 0 Å². The highest BCUT2D eigenvalue weighted by Crippen LogP contribution is 2.35. The Morgan fingerprint density at radius 2 is 1.91 bits per heavy atom. The molecule has 0 unspecified atom stereocenters. The van der Waals surface area contributed by atoms with Crippen LogP contribution in [0.25, 0.3) is 0 Å². The van der Waals surface area contributed by atoms with Gasteiger partial charge in [0.05, 0.1) is 0 Å². The van der Waals surface area contributed by atoms with E-state index in [0.717, 1.165) is 6.42 Å². The molecule has 0 aromatic rings. The summed E-state index contributed by atoms with van der Waals surface area (Å²) in [6, 6.07) is 0. The van der Waals surface area contributed by atoms with Gasteiger partial charge < -0.3 is 0 Å². The monoisotopic (exact) mass is 151 g/mol. The molecule has 0 aliphatic carbocycles. The molecule has 0 atom stereocenters. The number of aliphatic imine (C=N–C) groups is 1. The topological polar surface area (TPSA) is 12.4 Å². The summed E-state index contributed by atoms with van der Waals surface area (Å²) in [5.41, 5.74) is 4.21. The standard InChI is InChI=1S/C10H17N/c1-7(2)9-6-10(4,5)8(3)11-9/h6H2,1-5H3. The molecule has 11 heavy (non-hydrogen) atoms. The van der Waals surface area contributed by atoms with Crippen molar-refractivity contribution in [1.82, 2.24) is 0 Å². The lowest BCUT2D eigenvalue weighted by molar-refractivity contribution is 0.538. The quantitative estimate of drug-likeness (QED) is 0.504. The van der Waals surface area contributed by atoms with Crippen LogP contribution in [0.15, 0.2) is 16.3 Å². The van der Waals surface area contributed by atoms with Crippen LogP contribution in [0.3, 0.4) is 0 Å². The largest absolute Gasteiger partial charge is 0.262 e. The third kappa shape index (κ3) is 1.52. The van der Waals surface area contributed by atoms with Crippen LogP contribution in [-0.4, -0.2) is 5.71 Å². The maximum absolute atomic E-state index is 4.54. The summed E-state index contributed by atoms with van der Waals surface area (Å²) in [5, 5.41) is 0. The van der Waals surface area contributed by atoms with Gasteiger partial charge in [0.15, 0.2) is 0 Å². The normalized spacial score (nSPS) is 21.9. The van der Waals surface area contributed by atoms with Crippen LogP contribution in [-0.2, 0) is 0 Å². The van der Waals surface area contributed by atoms with Crippen molar-refractivity contribution in [3.8, 4) is 0 Å². The van der Waals surface area contributed by atoms with E-state index in [1.54, 1.807) is 0 Å². The van der Waals surface area contributed by atoms with E-state index in [0.29, 0.717) is 5.41 Å². The predicted octanol–water partition coefficient (Wildman–Crippen LogP) is 3.17. The molecule has 1 aliphatic rings. The van der Waals surface area contributed by atoms with Crippen LogP contribution in [0.4, 0.5) is 0 Å². The summed E-state index contributed by atoms with van der Waals surface area (Å²) in [5.74, 6) is 0. The predicted molar refractivity (Wildman–Crippen MR) is 49.9 cm³/mol. The van der Waals surface area contributed by atoms with E-state index < -0.39 is 0 Å². The lowest BCUT2D eigenvalue weighted by Gasteiger charge is -2.16. The third-order valence-corrected chi connectivity index (χ3v) is 2.47. The van der Waals surface area contributed by atoms with Crippen molar-refractivity contribution >= 4 is 5.71 Å². The van der Waals surface area contributed by atoms with E-state index >= 15 is 0 Å². The van der Waals surface area contributed by atoms with Gasteiger partial charge in [-0.1, -0.05) is 19.4 Å². The van der Waals surface area contributed by atoms with Gasteiger partial charge in [-0.3, -0.25) is 4.99 Å². The summed E-state index contributed by atoms with van der Waals surface area (Å²) in [6.07, 6.45) is 1.11. The maximum atomic E-state index is 4.54. The zero-order valence-corrected chi connectivity index (χ0v) is 8.15. The first-order valence-electron chi connectivity index (χ1n) is 4.15. The fourth-order valence-electron chi connectivity index (χ4n) is 1.23. The molecule has 0 amide bonds. The summed E-state index contributed by atoms with van der Waals surface area (Å²) >= 11 is 0. The second kappa shape index (κ2) is 2.47. The molecule has 0 saturated heterocycles. The minimum Gasteiger partial charge on any atom is -0.262 e. The van der Waals surface area contributed by atoms with Crippen LogP contribution >= 0.6 is 0 Å². The molecule has 0 saturated carbocycles. The molecule has 62 valence electrons. The van der Waals surface area contributed by atoms with Gasteiger partial charge in [-0.15, -0.1) is 0 Å². The van der Waals surface area contributed by atoms with Gasteiger partial charge in [-0.05, 0) is 27.2 Å². The van der Waals surface area contributed by atoms with Crippen molar-refractivity contribution in [3.05, 3.63) is 11.3 Å². The molecule has 1 nitrogen and oxygen atoms in total. The minimum atomic E-state index is 0.298. The van der Waals surface area contributed by atoms with Gasteiger partial charge in [-0.25, -0.2) is 0 Å². The van der Waals surface area contributed by atoms with Gasteiger partial charge in [0.2, 0.25) is 0 Å². The van der Waals surface area contributed by atoms with E-state index in [1.165, 1.54) is 17.0 Å². The van der Waals surface area contributed by atoms with Crippen molar-refractivity contribution in [2.75, 3.05) is 0 Å². The number of hydrogen-bond acceptors (Lipinski definition) is 1. The average molecular weight is 151 g/mol. The van der Waals surface area contributed by atoms with Gasteiger partial charge in [0, 0.05) is 16.8 Å². The molecule has 0 bridgehead atoms. The lowest BCUT2D eigenvalue weighted by Crippen LogP contribution is -2.15. The second-order valence-electron chi connectivity index (χ2n) is 4.20. The highest BCUT2D eigenvalue weighted by Gasteiger charge is 2.29. The van der Waals surface area contributed by atoms with E-state index in [1.807, 2.05) is 0 Å². The molecule has 0 aromatic heterocycles. The molecule has 0 spiro atoms. The number of allylic oxidation sites excluding steroid dienone is 2. The molecule has 0 N–H and O–H groups in total. The van der Waals surface area contributed by atoms with Crippen molar-refractivity contribution in [3.63, 3.8) is 0 Å². The Bertz CT molecular complexity index is 227. The van der Waals surface area contributed by atoms with Crippen molar-refractivity contribution in [2.45, 2.75) is 41.0 Å². The van der Waals surface area contributed by atoms with Crippen LogP contribution in [0.5, 0.6) is 0 Å². The minimum absolute atomic E-state index is 0.298. The molecule has 0 fully saturated rings. The van der Waals surface area contributed by atoms with Gasteiger partial charge in [0.25, 0.3) is 0 Å². The van der Waals surface area contributed by atoms with Gasteiger partial charge >= 0.3 is 0 Å². The average Bonchev–Trinajstić information content (AvgIpc) is 2.08. The SMILES string of the molecule is CC1=NC(=C(C)C)CC1(C)C. The summed E-state index contributed by atoms with van der Waals surface area (Å²) in [6.45, 7) is 10.9. The maximum Gasteiger partial charge on any atom is 0.0398 e. The third-order valence-electron chi connectivity index (χ3n) is 2.47. The molecule has 0 aromatic carbocycles. The first-order chi connectivity index (χ1) is 4.93. The Hall–Kier alpha value is -0.590. The van der Waals surface area contributed by atoms with Crippen molar-refractivity contribution < 1.29 is 0 Å². The van der Waals surface area contributed by atoms with E-state index in [2.05, 4.69) is 39.6 Å². The Morgan fingerprint density at radius 1 is 1.36 bits per heavy atom. The number of nitrogens with zero attached hydrogens (tertiary/aromatic N) is 1.